The lowest BCUT2D eigenvalue weighted by Gasteiger charge is -2.37. The van der Waals surface area contributed by atoms with Gasteiger partial charge in [0, 0.05) is 17.5 Å². The lowest BCUT2D eigenvalue weighted by molar-refractivity contribution is -0.0344. The maximum atomic E-state index is 10.3. The molecule has 2 atom stereocenters. The van der Waals surface area contributed by atoms with Crippen LogP contribution < -0.4 is 9.47 Å². The molecule has 0 saturated carbocycles. The number of phenolic OH excluding ortho intramolecular Hbond substituents is 1. The van der Waals surface area contributed by atoms with Gasteiger partial charge in [0.2, 0.25) is 6.23 Å². The molecule has 0 fully saturated rings. The normalized spacial score (nSPS) is 20.2. The van der Waals surface area contributed by atoms with Crippen molar-refractivity contribution in [2.45, 2.75) is 25.6 Å². The smallest absolute Gasteiger partial charge is 0.246 e. The van der Waals surface area contributed by atoms with Crippen LogP contribution in [0.2, 0.25) is 0 Å². The van der Waals surface area contributed by atoms with E-state index in [-0.39, 0.29) is 11.8 Å². The minimum absolute atomic E-state index is 0.0335. The summed E-state index contributed by atoms with van der Waals surface area (Å²) in [7, 11) is 0. The van der Waals surface area contributed by atoms with Crippen LogP contribution in [0.4, 0.5) is 0 Å². The molecule has 0 spiro atoms. The lowest BCUT2D eigenvalue weighted by Crippen LogP contribution is -2.33. The van der Waals surface area contributed by atoms with Gasteiger partial charge < -0.3 is 19.0 Å². The number of furan rings is 1. The van der Waals surface area contributed by atoms with Gasteiger partial charge in [0.1, 0.15) is 5.75 Å². The Bertz CT molecular complexity index is 1030. The largest absolute Gasteiger partial charge is 0.507 e. The van der Waals surface area contributed by atoms with Gasteiger partial charge in [0.05, 0.1) is 24.6 Å². The van der Waals surface area contributed by atoms with Gasteiger partial charge in [-0.15, -0.1) is 0 Å². The quantitative estimate of drug-likeness (QED) is 0.719. The predicted molar refractivity (Wildman–Crippen MR) is 104 cm³/mol. The van der Waals surface area contributed by atoms with Crippen molar-refractivity contribution in [1.82, 2.24) is 5.01 Å². The highest BCUT2D eigenvalue weighted by atomic mass is 16.5. The average Bonchev–Trinajstić information content (AvgIpc) is 3.38. The van der Waals surface area contributed by atoms with E-state index in [0.717, 1.165) is 22.6 Å². The average molecular weight is 376 g/mol. The first-order valence-corrected chi connectivity index (χ1v) is 9.36. The van der Waals surface area contributed by atoms with Crippen LogP contribution in [0.15, 0.2) is 70.4 Å². The van der Waals surface area contributed by atoms with Crippen LogP contribution in [0.3, 0.4) is 0 Å². The minimum atomic E-state index is -0.502. The fourth-order valence-electron chi connectivity index (χ4n) is 3.85. The van der Waals surface area contributed by atoms with Crippen molar-refractivity contribution in [1.29, 1.82) is 0 Å². The standard InChI is InChI=1S/C22H20N2O4/c1-2-26-19-10-5-8-15-17-13-16(14-7-3-4-9-18(14)25)23-24(17)22(28-21(15)19)20-11-6-12-27-20/h3-12,17,22,25H,2,13H2,1H3/t17-,22-/m0/s1. The molecule has 2 aromatic carbocycles. The van der Waals surface area contributed by atoms with Gasteiger partial charge in [0.25, 0.3) is 0 Å². The number of fused-ring (bicyclic) bond motifs is 3. The second-order valence-corrected chi connectivity index (χ2v) is 6.76. The molecule has 0 amide bonds. The Morgan fingerprint density at radius 2 is 2.04 bits per heavy atom. The second kappa shape index (κ2) is 6.64. The maximum absolute atomic E-state index is 10.3. The Balaban J connectivity index is 1.62. The van der Waals surface area contributed by atoms with Crippen LogP contribution in [0.25, 0.3) is 0 Å². The van der Waals surface area contributed by atoms with Crippen molar-refractivity contribution in [2.24, 2.45) is 5.10 Å². The van der Waals surface area contributed by atoms with E-state index in [1.165, 1.54) is 0 Å². The first-order chi connectivity index (χ1) is 13.8. The Hall–Kier alpha value is -3.41. The Morgan fingerprint density at radius 3 is 2.82 bits per heavy atom. The van der Waals surface area contributed by atoms with Gasteiger partial charge in [-0.2, -0.15) is 5.10 Å². The molecule has 6 nitrogen and oxygen atoms in total. The number of benzene rings is 2. The van der Waals surface area contributed by atoms with Crippen molar-refractivity contribution in [3.8, 4) is 17.2 Å². The number of ether oxygens (including phenoxy) is 2. The van der Waals surface area contributed by atoms with E-state index in [1.54, 1.807) is 18.4 Å². The fraction of sp³-hybridized carbons (Fsp3) is 0.227. The van der Waals surface area contributed by atoms with Crippen LogP contribution >= 0.6 is 0 Å². The molecule has 0 bridgehead atoms. The summed E-state index contributed by atoms with van der Waals surface area (Å²) >= 11 is 0. The number of phenols is 1. The van der Waals surface area contributed by atoms with Crippen molar-refractivity contribution in [2.75, 3.05) is 6.61 Å². The number of nitrogens with zero attached hydrogens (tertiary/aromatic N) is 2. The zero-order valence-corrected chi connectivity index (χ0v) is 15.4. The Kier molecular flexibility index (Phi) is 3.97. The van der Waals surface area contributed by atoms with E-state index in [2.05, 4.69) is 0 Å². The van der Waals surface area contributed by atoms with Gasteiger partial charge in [-0.3, -0.25) is 0 Å². The van der Waals surface area contributed by atoms with Crippen molar-refractivity contribution >= 4 is 5.71 Å². The number of para-hydroxylation sites is 2. The zero-order chi connectivity index (χ0) is 19.1. The Labute approximate surface area is 162 Å². The molecule has 2 aliphatic rings. The molecule has 0 radical (unpaired) electrons. The maximum Gasteiger partial charge on any atom is 0.246 e. The predicted octanol–water partition coefficient (Wildman–Crippen LogP) is 4.63. The van der Waals surface area contributed by atoms with Gasteiger partial charge in [-0.05, 0) is 37.3 Å². The molecule has 2 aliphatic heterocycles. The molecule has 28 heavy (non-hydrogen) atoms. The van der Waals surface area contributed by atoms with E-state index in [1.807, 2.05) is 54.4 Å². The molecular weight excluding hydrogens is 356 g/mol. The molecule has 6 heteroatoms. The summed E-state index contributed by atoms with van der Waals surface area (Å²) in [5.41, 5.74) is 2.57. The molecular formula is C22H20N2O4. The summed E-state index contributed by atoms with van der Waals surface area (Å²) in [5, 5.41) is 17.0. The van der Waals surface area contributed by atoms with Gasteiger partial charge in [-0.25, -0.2) is 5.01 Å². The zero-order valence-electron chi connectivity index (χ0n) is 15.4. The highest BCUT2D eigenvalue weighted by Crippen LogP contribution is 2.51. The van der Waals surface area contributed by atoms with E-state index in [4.69, 9.17) is 19.0 Å². The number of hydrogen-bond donors (Lipinski definition) is 1. The first-order valence-electron chi connectivity index (χ1n) is 9.36. The van der Waals surface area contributed by atoms with E-state index in [0.29, 0.717) is 24.5 Å². The SMILES string of the molecule is CCOc1cccc2c1O[C@@H](c1ccco1)N1N=C(c3ccccc3O)C[C@@H]21. The molecule has 3 aromatic rings. The minimum Gasteiger partial charge on any atom is -0.507 e. The third-order valence-corrected chi connectivity index (χ3v) is 5.08. The highest BCUT2D eigenvalue weighted by Gasteiger charge is 2.43. The Morgan fingerprint density at radius 1 is 1.14 bits per heavy atom. The topological polar surface area (TPSA) is 67.4 Å². The number of aromatic hydroxyl groups is 1. The molecule has 142 valence electrons. The third kappa shape index (κ3) is 2.60. The summed E-state index contributed by atoms with van der Waals surface area (Å²) in [6.45, 7) is 2.51. The molecule has 1 N–H and O–H groups in total. The summed E-state index contributed by atoms with van der Waals surface area (Å²) in [6, 6.07) is 16.9. The van der Waals surface area contributed by atoms with E-state index >= 15 is 0 Å². The monoisotopic (exact) mass is 376 g/mol. The van der Waals surface area contributed by atoms with E-state index in [9.17, 15) is 5.11 Å². The summed E-state index contributed by atoms with van der Waals surface area (Å²) in [4.78, 5) is 0. The third-order valence-electron chi connectivity index (χ3n) is 5.08. The van der Waals surface area contributed by atoms with Crippen molar-refractivity contribution < 1.29 is 19.0 Å². The molecule has 0 unspecified atom stereocenters. The molecule has 1 aromatic heterocycles. The number of rotatable bonds is 4. The van der Waals surface area contributed by atoms with Crippen LogP contribution in [0, 0.1) is 0 Å². The summed E-state index contributed by atoms with van der Waals surface area (Å²) < 4.78 is 17.8. The van der Waals surface area contributed by atoms with Crippen molar-refractivity contribution in [3.63, 3.8) is 0 Å². The summed E-state index contributed by atoms with van der Waals surface area (Å²) in [5.74, 6) is 2.33. The van der Waals surface area contributed by atoms with E-state index < -0.39 is 6.23 Å². The number of hydrogen-bond acceptors (Lipinski definition) is 6. The molecule has 3 heterocycles. The van der Waals surface area contributed by atoms with Gasteiger partial charge >= 0.3 is 0 Å². The molecule has 0 saturated heterocycles. The number of hydrazone groups is 1. The highest BCUT2D eigenvalue weighted by molar-refractivity contribution is 6.04. The molecule has 5 rings (SSSR count). The van der Waals surface area contributed by atoms with Gasteiger partial charge in [-0.1, -0.05) is 24.3 Å². The van der Waals surface area contributed by atoms with Crippen LogP contribution in [0.5, 0.6) is 17.2 Å². The molecule has 0 aliphatic carbocycles. The van der Waals surface area contributed by atoms with Crippen LogP contribution in [-0.4, -0.2) is 22.4 Å². The van der Waals surface area contributed by atoms with Crippen LogP contribution in [0.1, 0.15) is 42.5 Å². The lowest BCUT2D eigenvalue weighted by atomic mass is 9.95. The van der Waals surface area contributed by atoms with Crippen molar-refractivity contribution in [3.05, 3.63) is 77.7 Å². The second-order valence-electron chi connectivity index (χ2n) is 6.76. The van der Waals surface area contributed by atoms with Gasteiger partial charge in [0.15, 0.2) is 17.3 Å². The first kappa shape index (κ1) is 16.7. The fourth-order valence-corrected chi connectivity index (χ4v) is 3.85. The van der Waals surface area contributed by atoms with Crippen LogP contribution in [-0.2, 0) is 0 Å². The summed E-state index contributed by atoms with van der Waals surface area (Å²) in [6.07, 6.45) is 1.78.